The van der Waals surface area contributed by atoms with Crippen LogP contribution in [0.15, 0.2) is 135 Å². The van der Waals surface area contributed by atoms with E-state index in [0.29, 0.717) is 11.8 Å². The molecule has 0 saturated carbocycles. The van der Waals surface area contributed by atoms with Gasteiger partial charge in [-0.3, -0.25) is 0 Å². The lowest BCUT2D eigenvalue weighted by molar-refractivity contribution is 0.321. The lowest BCUT2D eigenvalue weighted by Gasteiger charge is -2.43. The number of nitrogens with zero attached hydrogens (tertiary/aromatic N) is 2. The van der Waals surface area contributed by atoms with Gasteiger partial charge in [0.05, 0.1) is 11.4 Å². The number of hydrogen-bond donors (Lipinski definition) is 0. The molecule has 43 heavy (non-hydrogen) atoms. The molecule has 0 amide bonds. The molecule has 1 aliphatic heterocycles. The molecule has 4 aromatic rings. The summed E-state index contributed by atoms with van der Waals surface area (Å²) in [4.78, 5) is 16.1. The van der Waals surface area contributed by atoms with E-state index in [-0.39, 0.29) is 11.3 Å². The van der Waals surface area contributed by atoms with Gasteiger partial charge in [0.2, 0.25) is 0 Å². The maximum atomic E-state index is 5.28. The summed E-state index contributed by atoms with van der Waals surface area (Å²) in [5, 5.41) is 0. The maximum absolute atomic E-state index is 5.28. The van der Waals surface area contributed by atoms with Crippen LogP contribution in [-0.2, 0) is 5.41 Å². The molecule has 2 bridgehead atoms. The zero-order valence-electron chi connectivity index (χ0n) is 24.5. The largest absolute Gasteiger partial charge is 0.232 e. The molecule has 3 atom stereocenters. The fourth-order valence-electron chi connectivity index (χ4n) is 7.05. The fraction of sp³-hybridized carbons (Fsp3) is 0.231. The zero-order chi connectivity index (χ0) is 29.0. The summed E-state index contributed by atoms with van der Waals surface area (Å²) in [5.74, 6) is 1.86. The van der Waals surface area contributed by atoms with Crippen molar-refractivity contribution in [1.82, 2.24) is 9.97 Å². The third-order valence-electron chi connectivity index (χ3n) is 9.52. The van der Waals surface area contributed by atoms with E-state index in [9.17, 15) is 0 Å². The summed E-state index contributed by atoms with van der Waals surface area (Å²) >= 11 is 3.87. The van der Waals surface area contributed by atoms with Crippen molar-refractivity contribution in [1.29, 1.82) is 0 Å². The predicted octanol–water partition coefficient (Wildman–Crippen LogP) is 10.8. The zero-order valence-corrected chi connectivity index (χ0v) is 26.2. The Balaban J connectivity index is 1.23. The first-order chi connectivity index (χ1) is 21.0. The molecular formula is C39H34N2S2. The number of benzene rings is 3. The SMILES string of the molecule is CC1(C)c2ccc3c(c2[C@H]2C=CC(c4nc(-c5ccccc5)cc(C5C=CC=CCC5)n4)=C[C@@H]1C2)Sc1ccccc1S3. The molecule has 4 aliphatic rings. The highest BCUT2D eigenvalue weighted by Crippen LogP contribution is 2.57. The van der Waals surface area contributed by atoms with E-state index < -0.39 is 0 Å². The Bertz CT molecular complexity index is 1850. The van der Waals surface area contributed by atoms with Crippen molar-refractivity contribution in [3.05, 3.63) is 138 Å². The fourth-order valence-corrected chi connectivity index (χ4v) is 9.52. The highest BCUT2D eigenvalue weighted by molar-refractivity contribution is 8.05. The highest BCUT2D eigenvalue weighted by Gasteiger charge is 2.42. The van der Waals surface area contributed by atoms with E-state index in [1.165, 1.54) is 30.7 Å². The molecule has 4 heteroatoms. The molecule has 8 rings (SSSR count). The van der Waals surface area contributed by atoms with Crippen LogP contribution in [0.4, 0.5) is 0 Å². The van der Waals surface area contributed by atoms with Crippen LogP contribution < -0.4 is 0 Å². The number of fused-ring (bicyclic) bond motifs is 7. The Morgan fingerprint density at radius 1 is 0.791 bits per heavy atom. The van der Waals surface area contributed by atoms with Gasteiger partial charge in [0.1, 0.15) is 0 Å². The van der Waals surface area contributed by atoms with Crippen LogP contribution in [-0.4, -0.2) is 9.97 Å². The molecule has 0 spiro atoms. The summed E-state index contributed by atoms with van der Waals surface area (Å²) in [7, 11) is 0. The lowest BCUT2D eigenvalue weighted by Crippen LogP contribution is -2.34. The Morgan fingerprint density at radius 3 is 2.47 bits per heavy atom. The van der Waals surface area contributed by atoms with Gasteiger partial charge in [0.15, 0.2) is 5.82 Å². The first-order valence-electron chi connectivity index (χ1n) is 15.3. The van der Waals surface area contributed by atoms with Crippen molar-refractivity contribution >= 4 is 29.1 Å². The number of allylic oxidation sites excluding steroid dienone is 8. The van der Waals surface area contributed by atoms with Crippen LogP contribution in [0, 0.1) is 5.92 Å². The predicted molar refractivity (Wildman–Crippen MR) is 180 cm³/mol. The van der Waals surface area contributed by atoms with Crippen LogP contribution >= 0.6 is 23.5 Å². The molecule has 0 fully saturated rings. The average Bonchev–Trinajstić information content (AvgIpc) is 3.44. The van der Waals surface area contributed by atoms with E-state index in [1.807, 2.05) is 23.5 Å². The minimum absolute atomic E-state index is 0.00408. The number of aromatic nitrogens is 2. The summed E-state index contributed by atoms with van der Waals surface area (Å²) in [6.07, 6.45) is 19.3. The second-order valence-corrected chi connectivity index (χ2v) is 14.7. The second kappa shape index (κ2) is 10.8. The second-order valence-electron chi connectivity index (χ2n) is 12.5. The number of hydrogen-bond acceptors (Lipinski definition) is 4. The smallest absolute Gasteiger partial charge is 0.159 e. The normalized spacial score (nSPS) is 22.9. The van der Waals surface area contributed by atoms with Crippen LogP contribution in [0.3, 0.4) is 0 Å². The van der Waals surface area contributed by atoms with Crippen molar-refractivity contribution in [2.75, 3.05) is 0 Å². The van der Waals surface area contributed by atoms with Gasteiger partial charge in [-0.05, 0) is 66.0 Å². The molecule has 212 valence electrons. The first kappa shape index (κ1) is 27.0. The van der Waals surface area contributed by atoms with Gasteiger partial charge >= 0.3 is 0 Å². The van der Waals surface area contributed by atoms with Crippen LogP contribution in [0.5, 0.6) is 0 Å². The highest BCUT2D eigenvalue weighted by atomic mass is 32.2. The molecule has 1 unspecified atom stereocenters. The minimum Gasteiger partial charge on any atom is -0.232 e. The van der Waals surface area contributed by atoms with Crippen molar-refractivity contribution < 1.29 is 0 Å². The molecule has 2 heterocycles. The van der Waals surface area contributed by atoms with Crippen molar-refractivity contribution in [3.63, 3.8) is 0 Å². The Kier molecular flexibility index (Phi) is 6.80. The van der Waals surface area contributed by atoms with E-state index in [4.69, 9.17) is 9.97 Å². The quantitative estimate of drug-likeness (QED) is 0.207. The Labute approximate surface area is 263 Å². The van der Waals surface area contributed by atoms with Crippen molar-refractivity contribution in [3.8, 4) is 11.3 Å². The monoisotopic (exact) mass is 594 g/mol. The summed E-state index contributed by atoms with van der Waals surface area (Å²) in [6, 6.07) is 26.4. The molecule has 0 radical (unpaired) electrons. The van der Waals surface area contributed by atoms with Crippen molar-refractivity contribution in [2.24, 2.45) is 5.92 Å². The van der Waals surface area contributed by atoms with Gasteiger partial charge in [-0.25, -0.2) is 9.97 Å². The van der Waals surface area contributed by atoms with Gasteiger partial charge < -0.3 is 0 Å². The summed E-state index contributed by atoms with van der Waals surface area (Å²) in [6.45, 7) is 4.87. The average molecular weight is 595 g/mol. The molecule has 2 nitrogen and oxygen atoms in total. The van der Waals surface area contributed by atoms with Crippen LogP contribution in [0.2, 0.25) is 0 Å². The number of rotatable bonds is 3. The molecule has 0 saturated heterocycles. The van der Waals surface area contributed by atoms with Gasteiger partial charge in [-0.1, -0.05) is 128 Å². The van der Waals surface area contributed by atoms with Crippen LogP contribution in [0.25, 0.3) is 16.8 Å². The van der Waals surface area contributed by atoms with Gasteiger partial charge in [-0.2, -0.15) is 0 Å². The van der Waals surface area contributed by atoms with Crippen LogP contribution in [0.1, 0.15) is 67.6 Å². The summed E-state index contributed by atoms with van der Waals surface area (Å²) in [5.41, 5.74) is 7.38. The molecule has 1 aromatic heterocycles. The van der Waals surface area contributed by atoms with E-state index in [1.54, 1.807) is 0 Å². The standard InChI is InChI=1S/C39H34N2S2/c1-39(2)29-22-27(36-30(39)20-21-35-37(36)43-34-17-11-10-16-33(34)42-35)18-19-28(23-29)38-40-31(25-12-6-3-4-7-13-25)24-32(41-38)26-14-8-5-9-15-26/h3-6,8-12,14-21,23-25,27,29H,7,13,22H2,1-2H3/t25?,27-,29-/m0/s1. The molecular weight excluding hydrogens is 561 g/mol. The third-order valence-corrected chi connectivity index (χ3v) is 12.1. The molecule has 0 N–H and O–H groups in total. The van der Waals surface area contributed by atoms with Gasteiger partial charge in [0, 0.05) is 42.6 Å². The topological polar surface area (TPSA) is 25.8 Å². The van der Waals surface area contributed by atoms with Crippen molar-refractivity contribution in [2.45, 2.75) is 69.9 Å². The third kappa shape index (κ3) is 4.85. The Hall–Kier alpha value is -3.60. The molecule has 3 aromatic carbocycles. The maximum Gasteiger partial charge on any atom is 0.159 e. The Morgan fingerprint density at radius 2 is 1.60 bits per heavy atom. The minimum atomic E-state index is -0.00408. The lowest BCUT2D eigenvalue weighted by atomic mass is 9.62. The first-order valence-corrected chi connectivity index (χ1v) is 17.0. The van der Waals surface area contributed by atoms with E-state index >= 15 is 0 Å². The van der Waals surface area contributed by atoms with Gasteiger partial charge in [0.25, 0.3) is 0 Å². The van der Waals surface area contributed by atoms with Gasteiger partial charge in [-0.15, -0.1) is 0 Å². The summed E-state index contributed by atoms with van der Waals surface area (Å²) < 4.78 is 0. The molecule has 3 aliphatic carbocycles. The van der Waals surface area contributed by atoms with E-state index in [2.05, 4.69) is 129 Å². The van der Waals surface area contributed by atoms with E-state index in [0.717, 1.165) is 47.6 Å².